The van der Waals surface area contributed by atoms with Gasteiger partial charge in [-0.15, -0.1) is 0 Å². The SMILES string of the molecule is COc1ccc(N2CC[NH+](C[C@H](O)COCc3ccc(F)cc3)CC2)cc1OC. The van der Waals surface area contributed by atoms with E-state index in [1.807, 2.05) is 18.2 Å². The molecule has 2 aromatic rings. The zero-order valence-corrected chi connectivity index (χ0v) is 17.1. The third kappa shape index (κ3) is 6.06. The molecule has 1 aliphatic rings. The second kappa shape index (κ2) is 10.4. The van der Waals surface area contributed by atoms with Crippen molar-refractivity contribution in [1.29, 1.82) is 0 Å². The normalized spacial score (nSPS) is 15.9. The molecule has 1 aliphatic heterocycles. The molecule has 0 radical (unpaired) electrons. The van der Waals surface area contributed by atoms with Gasteiger partial charge < -0.3 is 29.1 Å². The summed E-state index contributed by atoms with van der Waals surface area (Å²) in [5.74, 6) is 1.20. The predicted molar refractivity (Wildman–Crippen MR) is 109 cm³/mol. The number of anilines is 1. The van der Waals surface area contributed by atoms with Crippen LogP contribution in [0.15, 0.2) is 42.5 Å². The zero-order valence-electron chi connectivity index (χ0n) is 17.1. The maximum absolute atomic E-state index is 12.9. The molecule has 2 N–H and O–H groups in total. The van der Waals surface area contributed by atoms with Gasteiger partial charge in [-0.25, -0.2) is 4.39 Å². The lowest BCUT2D eigenvalue weighted by molar-refractivity contribution is -0.903. The lowest BCUT2D eigenvalue weighted by Crippen LogP contribution is -3.16. The van der Waals surface area contributed by atoms with E-state index < -0.39 is 6.10 Å². The van der Waals surface area contributed by atoms with Gasteiger partial charge >= 0.3 is 0 Å². The fraction of sp³-hybridized carbons (Fsp3) is 0.455. The van der Waals surface area contributed by atoms with Gasteiger partial charge in [0.2, 0.25) is 0 Å². The molecule has 0 unspecified atom stereocenters. The molecule has 1 heterocycles. The number of halogens is 1. The number of nitrogens with zero attached hydrogens (tertiary/aromatic N) is 1. The van der Waals surface area contributed by atoms with Crippen LogP contribution >= 0.6 is 0 Å². The van der Waals surface area contributed by atoms with E-state index in [0.29, 0.717) is 13.2 Å². The Labute approximate surface area is 171 Å². The molecule has 0 aliphatic carbocycles. The highest BCUT2D eigenvalue weighted by Gasteiger charge is 2.23. The van der Waals surface area contributed by atoms with Crippen molar-refractivity contribution in [3.05, 3.63) is 53.8 Å². The second-order valence-corrected chi connectivity index (χ2v) is 7.28. The molecule has 0 aromatic heterocycles. The van der Waals surface area contributed by atoms with Gasteiger partial charge in [-0.3, -0.25) is 0 Å². The Balaban J connectivity index is 1.40. The van der Waals surface area contributed by atoms with Crippen LogP contribution in [0.1, 0.15) is 5.56 Å². The minimum atomic E-state index is -0.516. The Hall–Kier alpha value is -2.35. The molecular formula is C22H30FN2O4+. The molecule has 3 rings (SSSR count). The molecule has 0 spiro atoms. The lowest BCUT2D eigenvalue weighted by atomic mass is 10.2. The summed E-state index contributed by atoms with van der Waals surface area (Å²) >= 11 is 0. The number of piperazine rings is 1. The van der Waals surface area contributed by atoms with Gasteiger partial charge in [-0.2, -0.15) is 0 Å². The van der Waals surface area contributed by atoms with E-state index in [0.717, 1.165) is 48.9 Å². The fourth-order valence-corrected chi connectivity index (χ4v) is 3.59. The van der Waals surface area contributed by atoms with Crippen molar-refractivity contribution >= 4 is 5.69 Å². The summed E-state index contributed by atoms with van der Waals surface area (Å²) in [6.45, 7) is 5.03. The quantitative estimate of drug-likeness (QED) is 0.655. The number of rotatable bonds is 9. The van der Waals surface area contributed by atoms with E-state index in [1.165, 1.54) is 17.0 Å². The number of hydrogen-bond donors (Lipinski definition) is 2. The van der Waals surface area contributed by atoms with Gasteiger partial charge in [-0.1, -0.05) is 12.1 Å². The van der Waals surface area contributed by atoms with E-state index in [2.05, 4.69) is 4.90 Å². The number of benzene rings is 2. The maximum Gasteiger partial charge on any atom is 0.162 e. The van der Waals surface area contributed by atoms with Gasteiger partial charge in [0.25, 0.3) is 0 Å². The molecule has 2 aromatic carbocycles. The number of ether oxygens (including phenoxy) is 3. The Bertz CT molecular complexity index is 764. The minimum Gasteiger partial charge on any atom is -0.493 e. The van der Waals surface area contributed by atoms with Crippen LogP contribution in [0.5, 0.6) is 11.5 Å². The first kappa shape index (κ1) is 21.4. The van der Waals surface area contributed by atoms with Crippen LogP contribution in [0.2, 0.25) is 0 Å². The molecule has 6 nitrogen and oxygen atoms in total. The van der Waals surface area contributed by atoms with E-state index in [4.69, 9.17) is 14.2 Å². The summed E-state index contributed by atoms with van der Waals surface area (Å²) in [6.07, 6.45) is -0.516. The summed E-state index contributed by atoms with van der Waals surface area (Å²) in [7, 11) is 3.28. The highest BCUT2D eigenvalue weighted by molar-refractivity contribution is 5.56. The predicted octanol–water partition coefficient (Wildman–Crippen LogP) is 1.13. The maximum atomic E-state index is 12.9. The molecule has 1 saturated heterocycles. The van der Waals surface area contributed by atoms with Crippen LogP contribution in [0.4, 0.5) is 10.1 Å². The first-order chi connectivity index (χ1) is 14.1. The lowest BCUT2D eigenvalue weighted by Gasteiger charge is -2.34. The highest BCUT2D eigenvalue weighted by Crippen LogP contribution is 2.31. The molecule has 1 atom stereocenters. The van der Waals surface area contributed by atoms with Crippen molar-refractivity contribution in [2.75, 3.05) is 58.5 Å². The Kier molecular flexibility index (Phi) is 7.69. The topological polar surface area (TPSA) is 55.6 Å². The van der Waals surface area contributed by atoms with E-state index in [9.17, 15) is 9.50 Å². The second-order valence-electron chi connectivity index (χ2n) is 7.28. The summed E-state index contributed by atoms with van der Waals surface area (Å²) < 4.78 is 29.2. The molecule has 7 heteroatoms. The van der Waals surface area contributed by atoms with Crippen LogP contribution in [-0.4, -0.2) is 64.8 Å². The molecule has 0 amide bonds. The molecule has 158 valence electrons. The third-order valence-electron chi connectivity index (χ3n) is 5.22. The first-order valence-electron chi connectivity index (χ1n) is 9.90. The average molecular weight is 405 g/mol. The average Bonchev–Trinajstić information content (AvgIpc) is 2.75. The van der Waals surface area contributed by atoms with Gasteiger partial charge in [0, 0.05) is 11.8 Å². The number of nitrogens with one attached hydrogen (secondary N) is 1. The summed E-state index contributed by atoms with van der Waals surface area (Å²) in [4.78, 5) is 3.68. The van der Waals surface area contributed by atoms with Gasteiger partial charge in [0.15, 0.2) is 11.5 Å². The summed E-state index contributed by atoms with van der Waals surface area (Å²) in [5, 5.41) is 10.3. The number of aliphatic hydroxyl groups is 1. The van der Waals surface area contributed by atoms with Gasteiger partial charge in [0.1, 0.15) is 18.5 Å². The first-order valence-corrected chi connectivity index (χ1v) is 9.90. The Morgan fingerprint density at radius 2 is 1.72 bits per heavy atom. The zero-order chi connectivity index (χ0) is 20.6. The third-order valence-corrected chi connectivity index (χ3v) is 5.22. The monoisotopic (exact) mass is 405 g/mol. The van der Waals surface area contributed by atoms with Crippen LogP contribution in [0.25, 0.3) is 0 Å². The highest BCUT2D eigenvalue weighted by atomic mass is 19.1. The van der Waals surface area contributed by atoms with Crippen LogP contribution < -0.4 is 19.3 Å². The Morgan fingerprint density at radius 3 is 2.38 bits per heavy atom. The van der Waals surface area contributed by atoms with E-state index in [-0.39, 0.29) is 12.4 Å². The summed E-state index contributed by atoms with van der Waals surface area (Å²) in [6, 6.07) is 12.2. The van der Waals surface area contributed by atoms with Gasteiger partial charge in [-0.05, 0) is 29.8 Å². The van der Waals surface area contributed by atoms with E-state index in [1.54, 1.807) is 26.4 Å². The molecule has 0 saturated carbocycles. The van der Waals surface area contributed by atoms with Crippen molar-refractivity contribution < 1.29 is 28.6 Å². The van der Waals surface area contributed by atoms with Crippen molar-refractivity contribution in [3.63, 3.8) is 0 Å². The number of aliphatic hydroxyl groups excluding tert-OH is 1. The van der Waals surface area contributed by atoms with Crippen LogP contribution in [-0.2, 0) is 11.3 Å². The number of hydrogen-bond acceptors (Lipinski definition) is 5. The molecule has 29 heavy (non-hydrogen) atoms. The smallest absolute Gasteiger partial charge is 0.162 e. The van der Waals surface area contributed by atoms with Gasteiger partial charge in [0.05, 0.1) is 53.6 Å². The largest absolute Gasteiger partial charge is 0.493 e. The standard InChI is InChI=1S/C22H29FN2O4/c1-27-21-8-7-19(13-22(21)28-2)25-11-9-24(10-12-25)14-20(26)16-29-15-17-3-5-18(23)6-4-17/h3-8,13,20,26H,9-12,14-16H2,1-2H3/p+1/t20-/m0/s1. The van der Waals surface area contributed by atoms with Crippen LogP contribution in [0.3, 0.4) is 0 Å². The Morgan fingerprint density at radius 1 is 1.03 bits per heavy atom. The molecular weight excluding hydrogens is 375 g/mol. The van der Waals surface area contributed by atoms with Crippen molar-refractivity contribution in [1.82, 2.24) is 0 Å². The van der Waals surface area contributed by atoms with Crippen LogP contribution in [0, 0.1) is 5.82 Å². The van der Waals surface area contributed by atoms with Crippen molar-refractivity contribution in [2.45, 2.75) is 12.7 Å². The van der Waals surface area contributed by atoms with E-state index >= 15 is 0 Å². The fourth-order valence-electron chi connectivity index (χ4n) is 3.59. The minimum absolute atomic E-state index is 0.260. The number of methoxy groups -OCH3 is 2. The molecule has 1 fully saturated rings. The van der Waals surface area contributed by atoms with Crippen molar-refractivity contribution in [3.8, 4) is 11.5 Å². The van der Waals surface area contributed by atoms with Crippen molar-refractivity contribution in [2.24, 2.45) is 0 Å². The number of quaternary nitrogens is 1. The molecule has 0 bridgehead atoms. The summed E-state index contributed by atoms with van der Waals surface area (Å²) in [5.41, 5.74) is 2.01.